The SMILES string of the molecule is CCCCN(Cc1ccc(Cl)c(N)c1)c1ccccc1. The Morgan fingerprint density at radius 3 is 2.50 bits per heavy atom. The van der Waals surface area contributed by atoms with Crippen molar-refractivity contribution < 1.29 is 0 Å². The molecule has 2 rings (SSSR count). The number of nitrogens with zero attached hydrogens (tertiary/aromatic N) is 1. The largest absolute Gasteiger partial charge is 0.398 e. The number of nitrogens with two attached hydrogens (primary N) is 1. The maximum absolute atomic E-state index is 5.98. The fourth-order valence-corrected chi connectivity index (χ4v) is 2.32. The Labute approximate surface area is 126 Å². The summed E-state index contributed by atoms with van der Waals surface area (Å²) in [6.07, 6.45) is 2.37. The average molecular weight is 289 g/mol. The molecule has 106 valence electrons. The van der Waals surface area contributed by atoms with E-state index in [1.807, 2.05) is 24.3 Å². The molecule has 0 unspecified atom stereocenters. The van der Waals surface area contributed by atoms with Crippen molar-refractivity contribution >= 4 is 23.0 Å². The summed E-state index contributed by atoms with van der Waals surface area (Å²) in [4.78, 5) is 2.38. The Hall–Kier alpha value is -1.67. The minimum Gasteiger partial charge on any atom is -0.398 e. The standard InChI is InChI=1S/C17H21ClN2/c1-2-3-11-20(15-7-5-4-6-8-15)13-14-9-10-16(18)17(19)12-14/h4-10,12H,2-3,11,13,19H2,1H3. The van der Waals surface area contributed by atoms with Crippen molar-refractivity contribution in [3.63, 3.8) is 0 Å². The molecule has 2 aromatic rings. The monoisotopic (exact) mass is 288 g/mol. The van der Waals surface area contributed by atoms with E-state index in [2.05, 4.69) is 36.1 Å². The molecule has 0 aromatic heterocycles. The number of hydrogen-bond acceptors (Lipinski definition) is 2. The van der Waals surface area contributed by atoms with Crippen molar-refractivity contribution in [3.05, 3.63) is 59.1 Å². The van der Waals surface area contributed by atoms with E-state index in [0.29, 0.717) is 10.7 Å². The number of hydrogen-bond donors (Lipinski definition) is 1. The summed E-state index contributed by atoms with van der Waals surface area (Å²) in [5.41, 5.74) is 8.96. The van der Waals surface area contributed by atoms with Crippen LogP contribution in [0, 0.1) is 0 Å². The van der Waals surface area contributed by atoms with Crippen molar-refractivity contribution in [1.82, 2.24) is 0 Å². The molecule has 0 radical (unpaired) electrons. The first-order valence-electron chi connectivity index (χ1n) is 7.04. The molecule has 2 aromatic carbocycles. The highest BCUT2D eigenvalue weighted by Gasteiger charge is 2.07. The highest BCUT2D eigenvalue weighted by atomic mass is 35.5. The lowest BCUT2D eigenvalue weighted by atomic mass is 10.1. The minimum atomic E-state index is 0.619. The molecule has 2 nitrogen and oxygen atoms in total. The molecule has 0 heterocycles. The van der Waals surface area contributed by atoms with Crippen LogP contribution in [0.4, 0.5) is 11.4 Å². The van der Waals surface area contributed by atoms with Crippen LogP contribution in [0.5, 0.6) is 0 Å². The number of benzene rings is 2. The van der Waals surface area contributed by atoms with Crippen LogP contribution < -0.4 is 10.6 Å². The third-order valence-electron chi connectivity index (χ3n) is 3.34. The van der Waals surface area contributed by atoms with Gasteiger partial charge in [0, 0.05) is 18.8 Å². The summed E-state index contributed by atoms with van der Waals surface area (Å²) in [6.45, 7) is 4.11. The maximum atomic E-state index is 5.98. The zero-order valence-electron chi connectivity index (χ0n) is 11.8. The Balaban J connectivity index is 2.17. The second-order valence-electron chi connectivity index (χ2n) is 4.97. The fraction of sp³-hybridized carbons (Fsp3) is 0.294. The van der Waals surface area contributed by atoms with Gasteiger partial charge in [-0.1, -0.05) is 49.2 Å². The second-order valence-corrected chi connectivity index (χ2v) is 5.37. The first kappa shape index (κ1) is 14.7. The first-order valence-corrected chi connectivity index (χ1v) is 7.42. The summed E-state index contributed by atoms with van der Waals surface area (Å²) < 4.78 is 0. The number of nitrogen functional groups attached to an aromatic ring is 1. The van der Waals surface area contributed by atoms with Gasteiger partial charge in [-0.2, -0.15) is 0 Å². The number of rotatable bonds is 6. The van der Waals surface area contributed by atoms with Gasteiger partial charge < -0.3 is 10.6 Å². The van der Waals surface area contributed by atoms with Crippen LogP contribution >= 0.6 is 11.6 Å². The number of anilines is 2. The highest BCUT2D eigenvalue weighted by Crippen LogP contribution is 2.22. The van der Waals surface area contributed by atoms with Crippen LogP contribution in [-0.2, 0) is 6.54 Å². The average Bonchev–Trinajstić information content (AvgIpc) is 2.48. The normalized spacial score (nSPS) is 10.5. The summed E-state index contributed by atoms with van der Waals surface area (Å²) in [5.74, 6) is 0. The molecule has 0 aliphatic heterocycles. The molecule has 0 saturated carbocycles. The van der Waals surface area contributed by atoms with Crippen LogP contribution in [0.2, 0.25) is 5.02 Å². The van der Waals surface area contributed by atoms with E-state index in [0.717, 1.165) is 13.1 Å². The van der Waals surface area contributed by atoms with Gasteiger partial charge in [0.2, 0.25) is 0 Å². The third kappa shape index (κ3) is 3.91. The lowest BCUT2D eigenvalue weighted by Gasteiger charge is -2.25. The Kier molecular flexibility index (Phi) is 5.31. The zero-order chi connectivity index (χ0) is 14.4. The Morgan fingerprint density at radius 2 is 1.85 bits per heavy atom. The molecule has 0 bridgehead atoms. The van der Waals surface area contributed by atoms with Gasteiger partial charge in [0.05, 0.1) is 10.7 Å². The molecular weight excluding hydrogens is 268 g/mol. The summed E-state index contributed by atoms with van der Waals surface area (Å²) >= 11 is 5.98. The van der Waals surface area contributed by atoms with Crippen LogP contribution in [0.1, 0.15) is 25.3 Å². The number of halogens is 1. The van der Waals surface area contributed by atoms with E-state index in [-0.39, 0.29) is 0 Å². The quantitative estimate of drug-likeness (QED) is 0.779. The van der Waals surface area contributed by atoms with Crippen LogP contribution in [0.15, 0.2) is 48.5 Å². The van der Waals surface area contributed by atoms with Crippen LogP contribution in [0.3, 0.4) is 0 Å². The smallest absolute Gasteiger partial charge is 0.0635 e. The van der Waals surface area contributed by atoms with Gasteiger partial charge in [-0.3, -0.25) is 0 Å². The van der Waals surface area contributed by atoms with Gasteiger partial charge in [-0.05, 0) is 36.2 Å². The van der Waals surface area contributed by atoms with E-state index in [1.54, 1.807) is 0 Å². The highest BCUT2D eigenvalue weighted by molar-refractivity contribution is 6.33. The molecule has 3 heteroatoms. The lowest BCUT2D eigenvalue weighted by Crippen LogP contribution is -2.23. The molecule has 0 amide bonds. The summed E-state index contributed by atoms with van der Waals surface area (Å²) in [6, 6.07) is 16.4. The second kappa shape index (κ2) is 7.20. The van der Waals surface area contributed by atoms with Crippen molar-refractivity contribution in [2.45, 2.75) is 26.3 Å². The molecule has 20 heavy (non-hydrogen) atoms. The number of unbranched alkanes of at least 4 members (excludes halogenated alkanes) is 1. The number of para-hydroxylation sites is 1. The Morgan fingerprint density at radius 1 is 1.10 bits per heavy atom. The van der Waals surface area contributed by atoms with Gasteiger partial charge in [0.1, 0.15) is 0 Å². The predicted octanol–water partition coefficient (Wildman–Crippen LogP) is 4.73. The molecule has 0 atom stereocenters. The third-order valence-corrected chi connectivity index (χ3v) is 3.68. The summed E-state index contributed by atoms with van der Waals surface area (Å²) in [5, 5.41) is 0.619. The van der Waals surface area contributed by atoms with Gasteiger partial charge >= 0.3 is 0 Å². The molecule has 0 aliphatic carbocycles. The van der Waals surface area contributed by atoms with Crippen molar-refractivity contribution in [2.75, 3.05) is 17.2 Å². The maximum Gasteiger partial charge on any atom is 0.0635 e. The molecular formula is C17H21ClN2. The van der Waals surface area contributed by atoms with Crippen LogP contribution in [0.25, 0.3) is 0 Å². The molecule has 0 fully saturated rings. The van der Waals surface area contributed by atoms with Crippen molar-refractivity contribution in [3.8, 4) is 0 Å². The van der Waals surface area contributed by atoms with E-state index >= 15 is 0 Å². The molecule has 2 N–H and O–H groups in total. The molecule has 0 aliphatic rings. The predicted molar refractivity (Wildman–Crippen MR) is 88.3 cm³/mol. The van der Waals surface area contributed by atoms with Gasteiger partial charge in [-0.15, -0.1) is 0 Å². The molecule has 0 spiro atoms. The van der Waals surface area contributed by atoms with E-state index in [1.165, 1.54) is 24.1 Å². The lowest BCUT2D eigenvalue weighted by molar-refractivity contribution is 0.716. The van der Waals surface area contributed by atoms with Crippen molar-refractivity contribution in [1.29, 1.82) is 0 Å². The topological polar surface area (TPSA) is 29.3 Å². The van der Waals surface area contributed by atoms with E-state index in [4.69, 9.17) is 17.3 Å². The van der Waals surface area contributed by atoms with Crippen LogP contribution in [-0.4, -0.2) is 6.54 Å². The molecule has 0 saturated heterocycles. The Bertz CT molecular complexity index is 540. The van der Waals surface area contributed by atoms with E-state index < -0.39 is 0 Å². The van der Waals surface area contributed by atoms with E-state index in [9.17, 15) is 0 Å². The van der Waals surface area contributed by atoms with Gasteiger partial charge in [0.15, 0.2) is 0 Å². The van der Waals surface area contributed by atoms with Crippen molar-refractivity contribution in [2.24, 2.45) is 0 Å². The summed E-state index contributed by atoms with van der Waals surface area (Å²) in [7, 11) is 0. The first-order chi connectivity index (χ1) is 9.70. The minimum absolute atomic E-state index is 0.619. The van der Waals surface area contributed by atoms with Gasteiger partial charge in [-0.25, -0.2) is 0 Å². The fourth-order valence-electron chi connectivity index (χ4n) is 2.20. The zero-order valence-corrected chi connectivity index (χ0v) is 12.6. The van der Waals surface area contributed by atoms with Gasteiger partial charge in [0.25, 0.3) is 0 Å².